The zero-order chi connectivity index (χ0) is 17.4. The number of nitrogens with one attached hydrogen (secondary N) is 2. The van der Waals surface area contributed by atoms with Crippen molar-refractivity contribution in [1.29, 1.82) is 0 Å². The molecule has 6 heteroatoms. The van der Waals surface area contributed by atoms with Crippen molar-refractivity contribution < 1.29 is 9.53 Å². The molecule has 1 aromatic heterocycles. The van der Waals surface area contributed by atoms with Crippen LogP contribution in [0.3, 0.4) is 0 Å². The largest absolute Gasteiger partial charge is 0.385 e. The number of amides is 2. The van der Waals surface area contributed by atoms with Crippen LogP contribution in [0.4, 0.5) is 10.5 Å². The zero-order valence-corrected chi connectivity index (χ0v) is 14.6. The van der Waals surface area contributed by atoms with Gasteiger partial charge >= 0.3 is 6.03 Å². The highest BCUT2D eigenvalue weighted by molar-refractivity contribution is 5.89. The number of rotatable bonds is 8. The number of hydrogen-bond donors (Lipinski definition) is 2. The van der Waals surface area contributed by atoms with Gasteiger partial charge in [-0.25, -0.2) is 9.78 Å². The maximum atomic E-state index is 11.9. The van der Waals surface area contributed by atoms with E-state index in [9.17, 15) is 4.79 Å². The molecule has 0 spiro atoms. The fraction of sp³-hybridized carbons (Fsp3) is 0.444. The van der Waals surface area contributed by atoms with Gasteiger partial charge in [0.15, 0.2) is 0 Å². The highest BCUT2D eigenvalue weighted by atomic mass is 16.5. The Hall–Kier alpha value is -2.34. The normalized spacial score (nSPS) is 10.8. The molecule has 2 N–H and O–H groups in total. The Labute approximate surface area is 143 Å². The van der Waals surface area contributed by atoms with Crippen molar-refractivity contribution >= 4 is 11.7 Å². The van der Waals surface area contributed by atoms with E-state index < -0.39 is 0 Å². The quantitative estimate of drug-likeness (QED) is 0.730. The van der Waals surface area contributed by atoms with Crippen LogP contribution < -0.4 is 10.6 Å². The van der Waals surface area contributed by atoms with Gasteiger partial charge in [-0.3, -0.25) is 0 Å². The van der Waals surface area contributed by atoms with Crippen LogP contribution in [-0.4, -0.2) is 35.8 Å². The monoisotopic (exact) mass is 330 g/mol. The number of benzene rings is 1. The smallest absolute Gasteiger partial charge is 0.319 e. The highest BCUT2D eigenvalue weighted by Gasteiger charge is 2.08. The summed E-state index contributed by atoms with van der Waals surface area (Å²) in [7, 11) is 1.65. The molecule has 1 aromatic carbocycles. The molecule has 0 atom stereocenters. The second-order valence-electron chi connectivity index (χ2n) is 6.00. The SMILES string of the molecule is COCCCNC(=O)Nc1cccc(Cn2ccnc2C(C)C)c1. The van der Waals surface area contributed by atoms with Crippen LogP contribution in [-0.2, 0) is 11.3 Å². The third kappa shape index (κ3) is 5.38. The zero-order valence-electron chi connectivity index (χ0n) is 14.6. The molecule has 1 heterocycles. The van der Waals surface area contributed by atoms with E-state index in [4.69, 9.17) is 4.74 Å². The first-order valence-electron chi connectivity index (χ1n) is 8.24. The average Bonchev–Trinajstić information content (AvgIpc) is 3.00. The van der Waals surface area contributed by atoms with E-state index in [2.05, 4.69) is 34.0 Å². The molecule has 130 valence electrons. The molecule has 2 aromatic rings. The van der Waals surface area contributed by atoms with Crippen LogP contribution in [0.1, 0.15) is 37.6 Å². The van der Waals surface area contributed by atoms with E-state index in [1.165, 1.54) is 0 Å². The van der Waals surface area contributed by atoms with Crippen LogP contribution in [0.15, 0.2) is 36.7 Å². The Morgan fingerprint density at radius 3 is 2.96 bits per heavy atom. The van der Waals surface area contributed by atoms with Gasteiger partial charge in [0.2, 0.25) is 0 Å². The molecule has 0 bridgehead atoms. The summed E-state index contributed by atoms with van der Waals surface area (Å²) < 4.78 is 7.09. The van der Waals surface area contributed by atoms with E-state index in [1.807, 2.05) is 36.7 Å². The number of carbonyl (C=O) groups excluding carboxylic acids is 1. The van der Waals surface area contributed by atoms with Crippen molar-refractivity contribution in [1.82, 2.24) is 14.9 Å². The van der Waals surface area contributed by atoms with Crippen LogP contribution in [0, 0.1) is 0 Å². The number of hydrogen-bond acceptors (Lipinski definition) is 3. The molecule has 6 nitrogen and oxygen atoms in total. The first-order chi connectivity index (χ1) is 11.6. The van der Waals surface area contributed by atoms with Crippen molar-refractivity contribution in [2.24, 2.45) is 0 Å². The second kappa shape index (κ2) is 9.08. The Kier molecular flexibility index (Phi) is 6.81. The summed E-state index contributed by atoms with van der Waals surface area (Å²) in [5, 5.41) is 5.67. The first-order valence-corrected chi connectivity index (χ1v) is 8.24. The molecule has 0 radical (unpaired) electrons. The molecule has 2 amide bonds. The number of nitrogens with zero attached hydrogens (tertiary/aromatic N) is 2. The lowest BCUT2D eigenvalue weighted by Crippen LogP contribution is -2.30. The Balaban J connectivity index is 1.93. The van der Waals surface area contributed by atoms with E-state index in [0.29, 0.717) is 19.1 Å². The summed E-state index contributed by atoms with van der Waals surface area (Å²) in [5.41, 5.74) is 1.90. The highest BCUT2D eigenvalue weighted by Crippen LogP contribution is 2.16. The van der Waals surface area contributed by atoms with Gasteiger partial charge in [0.25, 0.3) is 0 Å². The van der Waals surface area contributed by atoms with Crippen LogP contribution in [0.2, 0.25) is 0 Å². The molecule has 0 aliphatic rings. The number of ether oxygens (including phenoxy) is 1. The summed E-state index contributed by atoms with van der Waals surface area (Å²) >= 11 is 0. The summed E-state index contributed by atoms with van der Waals surface area (Å²) in [6.07, 6.45) is 4.60. The standard InChI is InChI=1S/C18H26N4O2/c1-14(2)17-19-9-10-22(17)13-15-6-4-7-16(12-15)21-18(23)20-8-5-11-24-3/h4,6-7,9-10,12,14H,5,8,11,13H2,1-3H3,(H2,20,21,23). The molecular formula is C18H26N4O2. The maximum absolute atomic E-state index is 11.9. The van der Waals surface area contributed by atoms with Gasteiger partial charge in [0.05, 0.1) is 0 Å². The third-order valence-electron chi connectivity index (χ3n) is 3.61. The molecule has 0 saturated heterocycles. The maximum Gasteiger partial charge on any atom is 0.319 e. The molecule has 0 saturated carbocycles. The predicted molar refractivity (Wildman–Crippen MR) is 95.4 cm³/mol. The Morgan fingerprint density at radius 1 is 1.38 bits per heavy atom. The Morgan fingerprint density at radius 2 is 2.21 bits per heavy atom. The van der Waals surface area contributed by atoms with E-state index in [-0.39, 0.29) is 6.03 Å². The van der Waals surface area contributed by atoms with Crippen molar-refractivity contribution in [3.8, 4) is 0 Å². The van der Waals surface area contributed by atoms with Gasteiger partial charge in [-0.1, -0.05) is 26.0 Å². The van der Waals surface area contributed by atoms with Gasteiger partial charge < -0.3 is 19.9 Å². The number of aromatic nitrogens is 2. The molecular weight excluding hydrogens is 304 g/mol. The molecule has 24 heavy (non-hydrogen) atoms. The lowest BCUT2D eigenvalue weighted by Gasteiger charge is -2.12. The van der Waals surface area contributed by atoms with Gasteiger partial charge in [0.1, 0.15) is 5.82 Å². The van der Waals surface area contributed by atoms with Gasteiger partial charge in [0, 0.05) is 50.8 Å². The third-order valence-corrected chi connectivity index (χ3v) is 3.61. The first kappa shape index (κ1) is 18.0. The fourth-order valence-electron chi connectivity index (χ4n) is 2.49. The van der Waals surface area contributed by atoms with Crippen molar-refractivity contribution in [2.45, 2.75) is 32.7 Å². The number of methoxy groups -OCH3 is 1. The van der Waals surface area contributed by atoms with E-state index in [0.717, 1.165) is 30.0 Å². The molecule has 0 aliphatic carbocycles. The van der Waals surface area contributed by atoms with Crippen molar-refractivity contribution in [3.63, 3.8) is 0 Å². The fourth-order valence-corrected chi connectivity index (χ4v) is 2.49. The molecule has 2 rings (SSSR count). The second-order valence-corrected chi connectivity index (χ2v) is 6.00. The summed E-state index contributed by atoms with van der Waals surface area (Å²) in [4.78, 5) is 16.3. The number of anilines is 1. The Bertz CT molecular complexity index is 652. The van der Waals surface area contributed by atoms with Gasteiger partial charge in [-0.05, 0) is 24.1 Å². The van der Waals surface area contributed by atoms with Crippen LogP contribution >= 0.6 is 0 Å². The molecule has 0 aliphatic heterocycles. The van der Waals surface area contributed by atoms with Crippen molar-refractivity contribution in [2.75, 3.05) is 25.6 Å². The van der Waals surface area contributed by atoms with Crippen molar-refractivity contribution in [3.05, 3.63) is 48.0 Å². The minimum absolute atomic E-state index is 0.200. The van der Waals surface area contributed by atoms with Gasteiger partial charge in [-0.2, -0.15) is 0 Å². The lowest BCUT2D eigenvalue weighted by atomic mass is 10.1. The predicted octanol–water partition coefficient (Wildman–Crippen LogP) is 3.21. The number of imidazole rings is 1. The lowest BCUT2D eigenvalue weighted by molar-refractivity contribution is 0.194. The van der Waals surface area contributed by atoms with Crippen LogP contribution in [0.5, 0.6) is 0 Å². The number of urea groups is 1. The minimum atomic E-state index is -0.200. The van der Waals surface area contributed by atoms with E-state index >= 15 is 0 Å². The molecule has 0 unspecified atom stereocenters. The number of carbonyl (C=O) groups is 1. The summed E-state index contributed by atoms with van der Waals surface area (Å²) in [5.74, 6) is 1.43. The van der Waals surface area contributed by atoms with Gasteiger partial charge in [-0.15, -0.1) is 0 Å². The minimum Gasteiger partial charge on any atom is -0.385 e. The van der Waals surface area contributed by atoms with Crippen LogP contribution in [0.25, 0.3) is 0 Å². The topological polar surface area (TPSA) is 68.2 Å². The molecule has 0 fully saturated rings. The average molecular weight is 330 g/mol. The van der Waals surface area contributed by atoms with E-state index in [1.54, 1.807) is 7.11 Å². The summed E-state index contributed by atoms with van der Waals surface area (Å²) in [6, 6.07) is 7.66. The summed E-state index contributed by atoms with van der Waals surface area (Å²) in [6.45, 7) is 6.22.